The van der Waals surface area contributed by atoms with E-state index >= 15 is 0 Å². The summed E-state index contributed by atoms with van der Waals surface area (Å²) in [5.41, 5.74) is 1.93. The summed E-state index contributed by atoms with van der Waals surface area (Å²) in [7, 11) is 1.63. The van der Waals surface area contributed by atoms with E-state index in [1.807, 2.05) is 76.7 Å². The van der Waals surface area contributed by atoms with E-state index in [-0.39, 0.29) is 17.7 Å². The van der Waals surface area contributed by atoms with Gasteiger partial charge in [0.05, 0.1) is 24.6 Å². The molecule has 0 aliphatic rings. The molecule has 0 bridgehead atoms. The molecule has 4 aromatic rings. The maximum Gasteiger partial charge on any atom is 0.231 e. The van der Waals surface area contributed by atoms with Crippen LogP contribution in [0.2, 0.25) is 0 Å². The van der Waals surface area contributed by atoms with Crippen LogP contribution in [0.1, 0.15) is 16.5 Å². The van der Waals surface area contributed by atoms with E-state index in [1.165, 1.54) is 11.8 Å². The monoisotopic (exact) mass is 436 g/mol. The van der Waals surface area contributed by atoms with E-state index < -0.39 is 0 Å². The average molecular weight is 437 g/mol. The highest BCUT2D eigenvalue weighted by Crippen LogP contribution is 2.27. The number of carbonyl (C=O) groups is 1. The molecule has 1 unspecified atom stereocenters. The van der Waals surface area contributed by atoms with Crippen molar-refractivity contribution >= 4 is 29.0 Å². The molecule has 30 heavy (non-hydrogen) atoms. The van der Waals surface area contributed by atoms with Crippen molar-refractivity contribution in [1.82, 2.24) is 20.1 Å². The Bertz CT molecular complexity index is 1100. The smallest absolute Gasteiger partial charge is 0.231 e. The first kappa shape index (κ1) is 20.2. The Morgan fingerprint density at radius 2 is 2.03 bits per heavy atom. The number of nitrogens with zero attached hydrogens (tertiary/aromatic N) is 3. The van der Waals surface area contributed by atoms with Crippen molar-refractivity contribution in [3.8, 4) is 11.4 Å². The van der Waals surface area contributed by atoms with E-state index in [4.69, 9.17) is 4.74 Å². The summed E-state index contributed by atoms with van der Waals surface area (Å²) in [5.74, 6) is 0.913. The first-order chi connectivity index (χ1) is 14.7. The van der Waals surface area contributed by atoms with Crippen molar-refractivity contribution in [3.05, 3.63) is 88.9 Å². The second-order valence-electron chi connectivity index (χ2n) is 6.40. The molecule has 1 atom stereocenters. The number of ether oxygens (including phenoxy) is 1. The van der Waals surface area contributed by atoms with Crippen LogP contribution in [0.5, 0.6) is 5.75 Å². The zero-order valence-electron chi connectivity index (χ0n) is 16.3. The van der Waals surface area contributed by atoms with Gasteiger partial charge in [0.15, 0.2) is 5.16 Å². The van der Waals surface area contributed by atoms with Crippen LogP contribution in [0, 0.1) is 0 Å². The third-order valence-electron chi connectivity index (χ3n) is 4.45. The van der Waals surface area contributed by atoms with Crippen LogP contribution in [0.3, 0.4) is 0 Å². The summed E-state index contributed by atoms with van der Waals surface area (Å²) < 4.78 is 7.13. The number of benzene rings is 2. The summed E-state index contributed by atoms with van der Waals surface area (Å²) >= 11 is 2.97. The Kier molecular flexibility index (Phi) is 6.46. The number of hydrogen-bond donors (Lipinski definition) is 1. The van der Waals surface area contributed by atoms with Gasteiger partial charge < -0.3 is 10.1 Å². The van der Waals surface area contributed by atoms with Gasteiger partial charge in [-0.3, -0.25) is 9.36 Å². The number of aromatic nitrogens is 3. The van der Waals surface area contributed by atoms with Gasteiger partial charge in [0.1, 0.15) is 12.1 Å². The number of thiophene rings is 1. The van der Waals surface area contributed by atoms with Gasteiger partial charge in [0.2, 0.25) is 5.91 Å². The Balaban J connectivity index is 1.46. The molecule has 0 spiro atoms. The maximum atomic E-state index is 12.8. The molecule has 1 N–H and O–H groups in total. The molecule has 6 nitrogen and oxygen atoms in total. The molecule has 2 heterocycles. The first-order valence-electron chi connectivity index (χ1n) is 9.29. The molecule has 0 aliphatic heterocycles. The van der Waals surface area contributed by atoms with E-state index in [1.54, 1.807) is 24.8 Å². The van der Waals surface area contributed by atoms with Crippen molar-refractivity contribution < 1.29 is 9.53 Å². The van der Waals surface area contributed by atoms with Gasteiger partial charge in [-0.2, -0.15) is 0 Å². The first-order valence-corrected chi connectivity index (χ1v) is 11.2. The van der Waals surface area contributed by atoms with Crippen LogP contribution in [0.4, 0.5) is 0 Å². The molecule has 0 radical (unpaired) electrons. The molecule has 152 valence electrons. The minimum atomic E-state index is -0.171. The molecule has 0 saturated heterocycles. The Hall–Kier alpha value is -3.10. The lowest BCUT2D eigenvalue weighted by molar-refractivity contribution is -0.119. The van der Waals surface area contributed by atoms with Crippen molar-refractivity contribution in [2.24, 2.45) is 0 Å². The third-order valence-corrected chi connectivity index (χ3v) is 6.33. The van der Waals surface area contributed by atoms with Crippen LogP contribution in [-0.2, 0) is 4.79 Å². The van der Waals surface area contributed by atoms with Gasteiger partial charge in [0.25, 0.3) is 0 Å². The number of rotatable bonds is 8. The quantitative estimate of drug-likeness (QED) is 0.416. The number of hydrogen-bond acceptors (Lipinski definition) is 6. The van der Waals surface area contributed by atoms with E-state index in [0.29, 0.717) is 5.16 Å². The summed E-state index contributed by atoms with van der Waals surface area (Å²) in [5, 5.41) is 14.0. The van der Waals surface area contributed by atoms with Gasteiger partial charge in [-0.05, 0) is 29.1 Å². The lowest BCUT2D eigenvalue weighted by atomic mass is 10.1. The fourth-order valence-corrected chi connectivity index (χ4v) is 4.56. The van der Waals surface area contributed by atoms with Gasteiger partial charge >= 0.3 is 0 Å². The molecule has 8 heteroatoms. The fourth-order valence-electron chi connectivity index (χ4n) is 3.01. The molecule has 2 aromatic heterocycles. The number of nitrogens with one attached hydrogen (secondary N) is 1. The van der Waals surface area contributed by atoms with Crippen LogP contribution in [-0.4, -0.2) is 33.5 Å². The van der Waals surface area contributed by atoms with Crippen LogP contribution >= 0.6 is 23.1 Å². The lowest BCUT2D eigenvalue weighted by Crippen LogP contribution is -2.30. The molecule has 0 saturated carbocycles. The van der Waals surface area contributed by atoms with Crippen LogP contribution < -0.4 is 10.1 Å². The van der Waals surface area contributed by atoms with Gasteiger partial charge in [-0.25, -0.2) is 0 Å². The Labute approximate surface area is 182 Å². The minimum absolute atomic E-state index is 0.0672. The standard InChI is InChI=1S/C22H20N4O2S2/c1-28-18-10-5-9-17(13-18)26-15-23-25-22(26)30-14-20(27)24-21(19-11-6-12-29-19)16-7-3-2-4-8-16/h2-13,15,21H,14H2,1H3,(H,24,27). The average Bonchev–Trinajstić information content (AvgIpc) is 3.49. The predicted molar refractivity (Wildman–Crippen MR) is 119 cm³/mol. The van der Waals surface area contributed by atoms with Crippen molar-refractivity contribution in [2.45, 2.75) is 11.2 Å². The highest BCUT2D eigenvalue weighted by Gasteiger charge is 2.18. The number of methoxy groups -OCH3 is 1. The largest absolute Gasteiger partial charge is 0.497 e. The van der Waals surface area contributed by atoms with Gasteiger partial charge in [-0.1, -0.05) is 54.2 Å². The second-order valence-corrected chi connectivity index (χ2v) is 8.32. The van der Waals surface area contributed by atoms with Gasteiger partial charge in [0, 0.05) is 10.9 Å². The molecule has 0 aliphatic carbocycles. The highest BCUT2D eigenvalue weighted by molar-refractivity contribution is 7.99. The summed E-state index contributed by atoms with van der Waals surface area (Å²) in [6.07, 6.45) is 1.63. The van der Waals surface area contributed by atoms with Gasteiger partial charge in [-0.15, -0.1) is 21.5 Å². The predicted octanol–water partition coefficient (Wildman–Crippen LogP) is 4.34. The van der Waals surface area contributed by atoms with Crippen molar-refractivity contribution in [2.75, 3.05) is 12.9 Å². The van der Waals surface area contributed by atoms with Crippen LogP contribution in [0.25, 0.3) is 5.69 Å². The maximum absolute atomic E-state index is 12.8. The number of carbonyl (C=O) groups excluding carboxylic acids is 1. The summed E-state index contributed by atoms with van der Waals surface area (Å²) in [6, 6.07) is 21.5. The molecular formula is C22H20N4O2S2. The molecule has 0 fully saturated rings. The summed E-state index contributed by atoms with van der Waals surface area (Å²) in [4.78, 5) is 13.9. The second kappa shape index (κ2) is 9.60. The summed E-state index contributed by atoms with van der Waals surface area (Å²) in [6.45, 7) is 0. The molecule has 1 amide bonds. The topological polar surface area (TPSA) is 69.0 Å². The van der Waals surface area contributed by atoms with E-state index in [9.17, 15) is 4.79 Å². The fraction of sp³-hybridized carbons (Fsp3) is 0.136. The van der Waals surface area contributed by atoms with E-state index in [0.717, 1.165) is 21.9 Å². The van der Waals surface area contributed by atoms with Crippen molar-refractivity contribution in [1.29, 1.82) is 0 Å². The molecular weight excluding hydrogens is 416 g/mol. The molecule has 4 rings (SSSR count). The zero-order chi connectivity index (χ0) is 20.8. The number of thioether (sulfide) groups is 1. The van der Waals surface area contributed by atoms with E-state index in [2.05, 4.69) is 15.5 Å². The van der Waals surface area contributed by atoms with Crippen molar-refractivity contribution in [3.63, 3.8) is 0 Å². The Morgan fingerprint density at radius 3 is 2.80 bits per heavy atom. The normalized spacial score (nSPS) is 11.8. The lowest BCUT2D eigenvalue weighted by Gasteiger charge is -2.18. The number of amides is 1. The molecule has 2 aromatic carbocycles. The zero-order valence-corrected chi connectivity index (χ0v) is 17.9. The minimum Gasteiger partial charge on any atom is -0.497 e. The van der Waals surface area contributed by atoms with Crippen LogP contribution in [0.15, 0.2) is 83.6 Å². The third kappa shape index (κ3) is 4.72. The Morgan fingerprint density at radius 1 is 1.17 bits per heavy atom. The SMILES string of the molecule is COc1cccc(-n2cnnc2SCC(=O)NC(c2ccccc2)c2cccs2)c1. The highest BCUT2D eigenvalue weighted by atomic mass is 32.2.